The Morgan fingerprint density at radius 2 is 1.96 bits per heavy atom. The Hall–Kier alpha value is -1.90. The van der Waals surface area contributed by atoms with Gasteiger partial charge in [-0.05, 0) is 54.3 Å². The Morgan fingerprint density at radius 3 is 2.67 bits per heavy atom. The van der Waals surface area contributed by atoms with Gasteiger partial charge in [-0.15, -0.1) is 11.3 Å². The van der Waals surface area contributed by atoms with E-state index in [0.717, 1.165) is 14.6 Å². The number of nitrogens with one attached hydrogen (secondary N) is 1. The number of carboxylic acid groups (broad SMARTS) is 1. The van der Waals surface area contributed by atoms with Crippen molar-refractivity contribution < 1.29 is 18.3 Å². The van der Waals surface area contributed by atoms with Crippen molar-refractivity contribution in [3.8, 4) is 0 Å². The van der Waals surface area contributed by atoms with Gasteiger partial charge < -0.3 is 5.11 Å². The normalized spacial score (nSPS) is 11.6. The first-order valence-corrected chi connectivity index (χ1v) is 9.92. The van der Waals surface area contributed by atoms with E-state index in [1.54, 1.807) is 6.92 Å². The highest BCUT2D eigenvalue weighted by Gasteiger charge is 2.22. The summed E-state index contributed by atoms with van der Waals surface area (Å²) in [6.45, 7) is 1.76. The molecule has 0 unspecified atom stereocenters. The fraction of sp³-hybridized carbons (Fsp3) is 0.0625. The molecule has 0 bridgehead atoms. The number of anilines is 1. The van der Waals surface area contributed by atoms with Crippen molar-refractivity contribution in [3.05, 3.63) is 58.1 Å². The van der Waals surface area contributed by atoms with Crippen molar-refractivity contribution in [1.29, 1.82) is 0 Å². The molecule has 1 heterocycles. The van der Waals surface area contributed by atoms with Crippen molar-refractivity contribution >= 4 is 59.0 Å². The van der Waals surface area contributed by atoms with Crippen molar-refractivity contribution in [2.45, 2.75) is 11.1 Å². The van der Waals surface area contributed by atoms with Crippen LogP contribution in [0.1, 0.15) is 15.9 Å². The summed E-state index contributed by atoms with van der Waals surface area (Å²) in [6, 6.07) is 11.3. The third kappa shape index (κ3) is 3.17. The molecule has 0 aliphatic rings. The van der Waals surface area contributed by atoms with Crippen LogP contribution in [0.15, 0.2) is 51.1 Å². The van der Waals surface area contributed by atoms with Crippen LogP contribution in [0.25, 0.3) is 10.1 Å². The Balaban J connectivity index is 2.04. The van der Waals surface area contributed by atoms with Gasteiger partial charge in [-0.1, -0.05) is 22.0 Å². The van der Waals surface area contributed by atoms with E-state index in [1.165, 1.54) is 35.6 Å². The first-order valence-electron chi connectivity index (χ1n) is 6.83. The van der Waals surface area contributed by atoms with Crippen LogP contribution >= 0.6 is 27.3 Å². The third-order valence-corrected chi connectivity index (χ3v) is 7.23. The SMILES string of the molecule is Cc1c(S(=O)(=O)Nc2cccc(C(=O)O)c2)sc2ccc(Br)cc12. The molecule has 8 heteroatoms. The number of aromatic carboxylic acids is 1. The topological polar surface area (TPSA) is 83.5 Å². The summed E-state index contributed by atoms with van der Waals surface area (Å²) >= 11 is 4.57. The molecule has 0 spiro atoms. The molecular weight excluding hydrogens is 414 g/mol. The van der Waals surface area contributed by atoms with Gasteiger partial charge in [-0.3, -0.25) is 4.72 Å². The highest BCUT2D eigenvalue weighted by molar-refractivity contribution is 9.10. The summed E-state index contributed by atoms with van der Waals surface area (Å²) in [6.07, 6.45) is 0. The predicted octanol–water partition coefficient (Wildman–Crippen LogP) is 4.47. The average molecular weight is 426 g/mol. The van der Waals surface area contributed by atoms with Gasteiger partial charge in [0.2, 0.25) is 0 Å². The maximum atomic E-state index is 12.7. The molecule has 5 nitrogen and oxygen atoms in total. The van der Waals surface area contributed by atoms with E-state index in [1.807, 2.05) is 18.2 Å². The molecule has 24 heavy (non-hydrogen) atoms. The summed E-state index contributed by atoms with van der Waals surface area (Å²) in [5, 5.41) is 9.88. The van der Waals surface area contributed by atoms with Gasteiger partial charge in [0.15, 0.2) is 0 Å². The first kappa shape index (κ1) is 16.9. The lowest BCUT2D eigenvalue weighted by atomic mass is 10.2. The van der Waals surface area contributed by atoms with Crippen LogP contribution in [0.5, 0.6) is 0 Å². The summed E-state index contributed by atoms with van der Waals surface area (Å²) in [5.41, 5.74) is 0.901. The molecule has 0 saturated carbocycles. The highest BCUT2D eigenvalue weighted by atomic mass is 79.9. The van der Waals surface area contributed by atoms with Crippen LogP contribution in [0.2, 0.25) is 0 Å². The lowest BCUT2D eigenvalue weighted by Crippen LogP contribution is -2.13. The summed E-state index contributed by atoms with van der Waals surface area (Å²) in [5.74, 6) is -1.11. The zero-order valence-corrected chi connectivity index (χ0v) is 15.6. The molecule has 2 N–H and O–H groups in total. The maximum Gasteiger partial charge on any atom is 0.335 e. The molecule has 0 amide bonds. The smallest absolute Gasteiger partial charge is 0.335 e. The molecule has 2 aromatic carbocycles. The first-order chi connectivity index (χ1) is 11.3. The van der Waals surface area contributed by atoms with Gasteiger partial charge in [0.1, 0.15) is 4.21 Å². The van der Waals surface area contributed by atoms with Gasteiger partial charge in [-0.25, -0.2) is 13.2 Å². The number of sulfonamides is 1. The predicted molar refractivity (Wildman–Crippen MR) is 98.5 cm³/mol. The van der Waals surface area contributed by atoms with Gasteiger partial charge in [0, 0.05) is 14.9 Å². The Kier molecular flexibility index (Phi) is 4.37. The maximum absolute atomic E-state index is 12.7. The fourth-order valence-electron chi connectivity index (χ4n) is 2.34. The Morgan fingerprint density at radius 1 is 1.21 bits per heavy atom. The van der Waals surface area contributed by atoms with Crippen LogP contribution in [-0.2, 0) is 10.0 Å². The largest absolute Gasteiger partial charge is 0.478 e. The quantitative estimate of drug-likeness (QED) is 0.645. The van der Waals surface area contributed by atoms with E-state index in [2.05, 4.69) is 20.7 Å². The number of halogens is 1. The van der Waals surface area contributed by atoms with Crippen molar-refractivity contribution in [2.24, 2.45) is 0 Å². The minimum absolute atomic E-state index is 0.0205. The molecule has 0 aliphatic carbocycles. The van der Waals surface area contributed by atoms with E-state index in [4.69, 9.17) is 5.11 Å². The second-order valence-electron chi connectivity index (χ2n) is 5.15. The number of rotatable bonds is 4. The van der Waals surface area contributed by atoms with E-state index in [9.17, 15) is 13.2 Å². The second-order valence-corrected chi connectivity index (χ2v) is 8.99. The number of thiophene rings is 1. The molecule has 3 rings (SSSR count). The molecule has 0 saturated heterocycles. The average Bonchev–Trinajstić information content (AvgIpc) is 2.85. The highest BCUT2D eigenvalue weighted by Crippen LogP contribution is 2.36. The molecule has 0 aliphatic heterocycles. The molecule has 0 radical (unpaired) electrons. The molecule has 0 atom stereocenters. The van der Waals surface area contributed by atoms with Gasteiger partial charge in [0.05, 0.1) is 5.56 Å². The van der Waals surface area contributed by atoms with E-state index < -0.39 is 16.0 Å². The zero-order valence-electron chi connectivity index (χ0n) is 12.4. The summed E-state index contributed by atoms with van der Waals surface area (Å²) in [7, 11) is -3.80. The Bertz CT molecular complexity index is 1060. The van der Waals surface area contributed by atoms with Crippen LogP contribution in [0.3, 0.4) is 0 Å². The van der Waals surface area contributed by atoms with Crippen molar-refractivity contribution in [2.75, 3.05) is 4.72 Å². The molecule has 0 fully saturated rings. The second kappa shape index (κ2) is 6.19. The van der Waals surface area contributed by atoms with Crippen LogP contribution < -0.4 is 4.72 Å². The van der Waals surface area contributed by atoms with E-state index in [0.29, 0.717) is 5.56 Å². The molecular formula is C16H12BrNO4S2. The molecule has 3 aromatic rings. The number of aryl methyl sites for hydroxylation is 1. The number of carboxylic acids is 1. The van der Waals surface area contributed by atoms with Crippen molar-refractivity contribution in [3.63, 3.8) is 0 Å². The van der Waals surface area contributed by atoms with E-state index >= 15 is 0 Å². The number of fused-ring (bicyclic) bond motifs is 1. The molecule has 124 valence electrons. The van der Waals surface area contributed by atoms with Gasteiger partial charge in [-0.2, -0.15) is 0 Å². The summed E-state index contributed by atoms with van der Waals surface area (Å²) in [4.78, 5) is 11.0. The van der Waals surface area contributed by atoms with Crippen LogP contribution in [-0.4, -0.2) is 19.5 Å². The standard InChI is InChI=1S/C16H12BrNO4S2/c1-9-13-8-11(17)5-6-14(13)23-16(9)24(21,22)18-12-4-2-3-10(7-12)15(19)20/h2-8,18H,1H3,(H,19,20). The van der Waals surface area contributed by atoms with Crippen LogP contribution in [0.4, 0.5) is 5.69 Å². The number of hydrogen-bond donors (Lipinski definition) is 2. The summed E-state index contributed by atoms with van der Waals surface area (Å²) < 4.78 is 29.8. The lowest BCUT2D eigenvalue weighted by molar-refractivity contribution is 0.0697. The van der Waals surface area contributed by atoms with E-state index in [-0.39, 0.29) is 15.5 Å². The number of benzene rings is 2. The van der Waals surface area contributed by atoms with Gasteiger partial charge >= 0.3 is 5.97 Å². The lowest BCUT2D eigenvalue weighted by Gasteiger charge is -2.08. The minimum atomic E-state index is -3.80. The van der Waals surface area contributed by atoms with Gasteiger partial charge in [0.25, 0.3) is 10.0 Å². The third-order valence-electron chi connectivity index (χ3n) is 3.46. The van der Waals surface area contributed by atoms with Crippen molar-refractivity contribution in [1.82, 2.24) is 0 Å². The minimum Gasteiger partial charge on any atom is -0.478 e. The van der Waals surface area contributed by atoms with Crippen LogP contribution in [0, 0.1) is 6.92 Å². The zero-order chi connectivity index (χ0) is 17.5. The number of hydrogen-bond acceptors (Lipinski definition) is 4. The molecule has 1 aromatic heterocycles. The number of carbonyl (C=O) groups is 1. The monoisotopic (exact) mass is 425 g/mol. The fourth-order valence-corrected chi connectivity index (χ4v) is 5.50. The Labute approximate surface area is 151 Å².